The summed E-state index contributed by atoms with van der Waals surface area (Å²) in [7, 11) is -3.44. The Hall–Kier alpha value is -2.57. The molecule has 1 aromatic carbocycles. The first kappa shape index (κ1) is 28.7. The van der Waals surface area contributed by atoms with Gasteiger partial charge in [0.15, 0.2) is 27.2 Å². The van der Waals surface area contributed by atoms with E-state index in [1.807, 2.05) is 20.8 Å². The Balaban J connectivity index is 0.000000269. The molecule has 2 aromatic rings. The number of benzene rings is 1. The van der Waals surface area contributed by atoms with Crippen molar-refractivity contribution < 1.29 is 22.8 Å². The van der Waals surface area contributed by atoms with Crippen LogP contribution in [0.3, 0.4) is 0 Å². The van der Waals surface area contributed by atoms with Crippen LogP contribution >= 0.6 is 23.4 Å². The zero-order chi connectivity index (χ0) is 26.7. The van der Waals surface area contributed by atoms with Crippen molar-refractivity contribution in [3.63, 3.8) is 0 Å². The largest absolute Gasteiger partial charge is 0.334 e. The summed E-state index contributed by atoms with van der Waals surface area (Å²) in [5.74, 6) is 2.80. The van der Waals surface area contributed by atoms with Crippen molar-refractivity contribution in [1.82, 2.24) is 14.9 Å². The van der Waals surface area contributed by atoms with E-state index < -0.39 is 33.1 Å². The normalized spacial score (nSPS) is 14.9. The van der Waals surface area contributed by atoms with Crippen molar-refractivity contribution in [2.45, 2.75) is 55.5 Å². The van der Waals surface area contributed by atoms with E-state index in [4.69, 9.17) is 17.4 Å². The summed E-state index contributed by atoms with van der Waals surface area (Å²) in [6.07, 6.45) is 3.67. The summed E-state index contributed by atoms with van der Waals surface area (Å²) >= 11 is 7.23. The number of nitrogen functional groups attached to an aromatic ring is 1. The van der Waals surface area contributed by atoms with Gasteiger partial charge in [0.1, 0.15) is 11.6 Å². The van der Waals surface area contributed by atoms with E-state index in [0.717, 1.165) is 17.0 Å². The van der Waals surface area contributed by atoms with Crippen LogP contribution in [0.15, 0.2) is 33.0 Å². The van der Waals surface area contributed by atoms with Crippen LogP contribution in [0.4, 0.5) is 0 Å². The number of hydrogen-bond donors (Lipinski definition) is 1. The Labute approximate surface area is 212 Å². The van der Waals surface area contributed by atoms with Crippen molar-refractivity contribution in [3.05, 3.63) is 44.8 Å². The number of Topliss-reactive ketones (excluding diaryl/α,β-unsaturated/α-hetero) is 3. The fourth-order valence-electron chi connectivity index (χ4n) is 3.27. The molecular weight excluding hydrogens is 516 g/mol. The first-order valence-electron chi connectivity index (χ1n) is 10.5. The van der Waals surface area contributed by atoms with Crippen molar-refractivity contribution in [1.29, 1.82) is 0 Å². The van der Waals surface area contributed by atoms with Gasteiger partial charge in [-0.15, -0.1) is 10.2 Å². The number of thioether (sulfide) groups is 1. The Morgan fingerprint density at radius 3 is 2.17 bits per heavy atom. The SMILES string of the molecule is CS(=O)(=O)c1ccc(C(=O)C2C(=O)CCCC2=O)c(Cl)c1.CSc1nnc(C(C)(C)C)c(=O)n1N. The first-order valence-corrected chi connectivity index (χ1v) is 14.0. The van der Waals surface area contributed by atoms with E-state index in [1.165, 1.54) is 23.9 Å². The third-order valence-electron chi connectivity index (χ3n) is 5.14. The molecule has 0 radical (unpaired) electrons. The molecule has 0 aliphatic heterocycles. The Bertz CT molecular complexity index is 1320. The molecule has 3 rings (SSSR count). The Morgan fingerprint density at radius 1 is 1.14 bits per heavy atom. The quantitative estimate of drug-likeness (QED) is 0.262. The minimum Gasteiger partial charge on any atom is -0.334 e. The number of carbonyl (C=O) groups is 3. The van der Waals surface area contributed by atoms with Crippen molar-refractivity contribution >= 4 is 50.5 Å². The average molecular weight is 543 g/mol. The molecule has 2 N–H and O–H groups in total. The summed E-state index contributed by atoms with van der Waals surface area (Å²) in [5, 5.41) is 8.12. The fraction of sp³-hybridized carbons (Fsp3) is 0.455. The number of halogens is 1. The van der Waals surface area contributed by atoms with Gasteiger partial charge in [-0.2, -0.15) is 4.68 Å². The molecule has 0 unspecified atom stereocenters. The topological polar surface area (TPSA) is 159 Å². The lowest BCUT2D eigenvalue weighted by molar-refractivity contribution is -0.133. The van der Waals surface area contributed by atoms with Gasteiger partial charge in [0.05, 0.1) is 9.92 Å². The molecule has 0 bridgehead atoms. The molecule has 35 heavy (non-hydrogen) atoms. The van der Waals surface area contributed by atoms with Gasteiger partial charge in [0.25, 0.3) is 5.56 Å². The van der Waals surface area contributed by atoms with E-state index in [2.05, 4.69) is 10.2 Å². The highest BCUT2D eigenvalue weighted by Crippen LogP contribution is 2.27. The minimum atomic E-state index is -3.44. The molecule has 13 heteroatoms. The van der Waals surface area contributed by atoms with Gasteiger partial charge in [-0.3, -0.25) is 19.2 Å². The summed E-state index contributed by atoms with van der Waals surface area (Å²) < 4.78 is 23.9. The monoisotopic (exact) mass is 542 g/mol. The van der Waals surface area contributed by atoms with Crippen molar-refractivity contribution in [2.75, 3.05) is 18.4 Å². The number of hydrogen-bond acceptors (Lipinski definition) is 10. The standard InChI is InChI=1S/C14H13ClO5S.C8H14N4OS/c1-21(19,20)8-5-6-9(10(15)7-8)14(18)13-11(16)3-2-4-12(13)17;1-8(2,3)5-6(13)12(9)7(14-4)11-10-5/h5-7,13H,2-4H2,1H3;9H2,1-4H3. The van der Waals surface area contributed by atoms with Gasteiger partial charge in [-0.1, -0.05) is 44.1 Å². The lowest BCUT2D eigenvalue weighted by atomic mass is 9.82. The molecule has 0 saturated heterocycles. The van der Waals surface area contributed by atoms with Gasteiger partial charge in [0, 0.05) is 30.1 Å². The van der Waals surface area contributed by atoms with Crippen LogP contribution in [-0.2, 0) is 24.8 Å². The molecule has 0 spiro atoms. The maximum Gasteiger partial charge on any atom is 0.295 e. The second kappa shape index (κ2) is 11.0. The predicted molar refractivity (Wildman–Crippen MR) is 133 cm³/mol. The summed E-state index contributed by atoms with van der Waals surface area (Å²) in [4.78, 5) is 47.6. The highest BCUT2D eigenvalue weighted by molar-refractivity contribution is 7.98. The second-order valence-electron chi connectivity index (χ2n) is 8.96. The van der Waals surface area contributed by atoms with E-state index in [9.17, 15) is 27.6 Å². The van der Waals surface area contributed by atoms with Gasteiger partial charge >= 0.3 is 0 Å². The molecule has 1 heterocycles. The average Bonchev–Trinajstić information content (AvgIpc) is 2.74. The van der Waals surface area contributed by atoms with E-state index in [-0.39, 0.29) is 39.3 Å². The molecule has 0 atom stereocenters. The Kier molecular flexibility index (Phi) is 9.01. The lowest BCUT2D eigenvalue weighted by Gasteiger charge is -2.18. The molecule has 1 aliphatic rings. The lowest BCUT2D eigenvalue weighted by Crippen LogP contribution is -2.37. The van der Waals surface area contributed by atoms with E-state index in [1.54, 1.807) is 6.26 Å². The van der Waals surface area contributed by atoms with Crippen LogP contribution < -0.4 is 11.4 Å². The zero-order valence-electron chi connectivity index (χ0n) is 20.0. The second-order valence-corrected chi connectivity index (χ2v) is 12.2. The van der Waals surface area contributed by atoms with Crippen LogP contribution in [-0.4, -0.2) is 53.2 Å². The predicted octanol–water partition coefficient (Wildman–Crippen LogP) is 2.24. The van der Waals surface area contributed by atoms with Crippen LogP contribution in [0.25, 0.3) is 0 Å². The summed E-state index contributed by atoms with van der Waals surface area (Å²) in [6.45, 7) is 5.70. The maximum absolute atomic E-state index is 12.3. The van der Waals surface area contributed by atoms with Crippen molar-refractivity contribution in [3.8, 4) is 0 Å². The van der Waals surface area contributed by atoms with Crippen LogP contribution in [0.5, 0.6) is 0 Å². The van der Waals surface area contributed by atoms with Gasteiger partial charge in [-0.25, -0.2) is 8.42 Å². The van der Waals surface area contributed by atoms with E-state index >= 15 is 0 Å². The van der Waals surface area contributed by atoms with Crippen LogP contribution in [0.1, 0.15) is 56.1 Å². The van der Waals surface area contributed by atoms with Crippen LogP contribution in [0.2, 0.25) is 5.02 Å². The summed E-state index contributed by atoms with van der Waals surface area (Å²) in [6, 6.07) is 3.64. The third-order valence-corrected chi connectivity index (χ3v) is 7.21. The van der Waals surface area contributed by atoms with E-state index in [0.29, 0.717) is 17.3 Å². The third kappa shape index (κ3) is 6.77. The number of rotatable bonds is 4. The number of carbonyl (C=O) groups excluding carboxylic acids is 3. The van der Waals surface area contributed by atoms with Gasteiger partial charge < -0.3 is 5.84 Å². The molecule has 190 valence electrons. The molecule has 1 saturated carbocycles. The van der Waals surface area contributed by atoms with Gasteiger partial charge in [0.2, 0.25) is 5.16 Å². The zero-order valence-corrected chi connectivity index (χ0v) is 22.4. The van der Waals surface area contributed by atoms with Crippen LogP contribution in [0, 0.1) is 5.92 Å². The highest BCUT2D eigenvalue weighted by Gasteiger charge is 2.37. The number of nitrogens with zero attached hydrogens (tertiary/aromatic N) is 3. The number of aromatic nitrogens is 3. The molecule has 1 aliphatic carbocycles. The molecular formula is C22H27ClN4O6S2. The number of nitrogens with two attached hydrogens (primary N) is 1. The fourth-order valence-corrected chi connectivity index (χ4v) is 4.66. The van der Waals surface area contributed by atoms with Gasteiger partial charge in [-0.05, 0) is 30.9 Å². The number of ketones is 3. The molecule has 1 fully saturated rings. The Morgan fingerprint density at radius 2 is 1.71 bits per heavy atom. The highest BCUT2D eigenvalue weighted by atomic mass is 35.5. The maximum atomic E-state index is 12.3. The smallest absolute Gasteiger partial charge is 0.295 e. The molecule has 0 amide bonds. The minimum absolute atomic E-state index is 0.00216. The molecule has 1 aromatic heterocycles. The molecule has 10 nitrogen and oxygen atoms in total. The summed E-state index contributed by atoms with van der Waals surface area (Å²) in [5.41, 5.74) is -0.227. The van der Waals surface area contributed by atoms with Crippen molar-refractivity contribution in [2.24, 2.45) is 5.92 Å². The number of sulfone groups is 1. The first-order chi connectivity index (χ1) is 16.1.